The minimum atomic E-state index is -0.111. The van der Waals surface area contributed by atoms with Gasteiger partial charge < -0.3 is 10.1 Å². The highest BCUT2D eigenvalue weighted by molar-refractivity contribution is 6.30. The maximum Gasteiger partial charge on any atom is 0.223 e. The smallest absolute Gasteiger partial charge is 0.223 e. The predicted octanol–water partition coefficient (Wildman–Crippen LogP) is 1.73. The zero-order chi connectivity index (χ0) is 12.0. The van der Waals surface area contributed by atoms with Gasteiger partial charge in [0.2, 0.25) is 5.91 Å². The van der Waals surface area contributed by atoms with Gasteiger partial charge in [0.05, 0.1) is 18.6 Å². The van der Waals surface area contributed by atoms with Gasteiger partial charge in [0.25, 0.3) is 0 Å². The first-order valence-corrected chi connectivity index (χ1v) is 5.08. The second-order valence-electron chi connectivity index (χ2n) is 3.02. The third-order valence-electron chi connectivity index (χ3n) is 1.93. The van der Waals surface area contributed by atoms with E-state index in [0.717, 1.165) is 0 Å². The van der Waals surface area contributed by atoms with Crippen LogP contribution in [-0.4, -0.2) is 19.6 Å². The van der Waals surface area contributed by atoms with Crippen molar-refractivity contribution in [3.8, 4) is 11.8 Å². The van der Waals surface area contributed by atoms with Crippen LogP contribution in [0.1, 0.15) is 12.0 Å². The molecule has 1 aromatic rings. The molecule has 0 aliphatic rings. The normalized spacial score (nSPS) is 9.31. The van der Waals surface area contributed by atoms with Crippen LogP contribution >= 0.6 is 11.6 Å². The molecule has 0 radical (unpaired) electrons. The lowest BCUT2D eigenvalue weighted by atomic mass is 10.2. The zero-order valence-electron chi connectivity index (χ0n) is 8.79. The molecule has 0 spiro atoms. The Labute approximate surface area is 98.8 Å². The fourth-order valence-electron chi connectivity index (χ4n) is 1.09. The van der Waals surface area contributed by atoms with E-state index in [9.17, 15) is 4.79 Å². The molecule has 0 saturated heterocycles. The number of hydrogen-bond donors (Lipinski definition) is 1. The Kier molecular flexibility index (Phi) is 4.62. The summed E-state index contributed by atoms with van der Waals surface area (Å²) >= 11 is 5.77. The van der Waals surface area contributed by atoms with E-state index >= 15 is 0 Å². The molecule has 1 N–H and O–H groups in total. The van der Waals surface area contributed by atoms with Gasteiger partial charge in [0.1, 0.15) is 11.8 Å². The van der Waals surface area contributed by atoms with Crippen LogP contribution in [0.4, 0.5) is 0 Å². The summed E-state index contributed by atoms with van der Waals surface area (Å²) in [4.78, 5) is 10.9. The molecule has 1 aromatic carbocycles. The Hall–Kier alpha value is -1.73. The number of carbonyl (C=O) groups excluding carboxylic acids is 1. The Morgan fingerprint density at radius 1 is 1.62 bits per heavy atom. The lowest BCUT2D eigenvalue weighted by Crippen LogP contribution is -2.20. The van der Waals surface area contributed by atoms with E-state index in [-0.39, 0.29) is 18.9 Å². The molecular weight excluding hydrogens is 228 g/mol. The molecule has 1 amide bonds. The van der Waals surface area contributed by atoms with Gasteiger partial charge in [-0.3, -0.25) is 4.79 Å². The van der Waals surface area contributed by atoms with E-state index in [2.05, 4.69) is 5.32 Å². The van der Waals surface area contributed by atoms with Crippen LogP contribution in [0.2, 0.25) is 5.02 Å². The third-order valence-corrected chi connectivity index (χ3v) is 2.16. The molecule has 0 saturated carbocycles. The molecule has 0 bridgehead atoms. The van der Waals surface area contributed by atoms with Gasteiger partial charge in [-0.05, 0) is 12.1 Å². The maximum atomic E-state index is 10.9. The molecule has 0 heterocycles. The lowest BCUT2D eigenvalue weighted by Gasteiger charge is -2.07. The first-order valence-electron chi connectivity index (χ1n) is 4.70. The Morgan fingerprint density at radius 2 is 2.38 bits per heavy atom. The van der Waals surface area contributed by atoms with Crippen molar-refractivity contribution < 1.29 is 9.53 Å². The van der Waals surface area contributed by atoms with Crippen molar-refractivity contribution in [3.05, 3.63) is 28.8 Å². The number of nitriles is 1. The van der Waals surface area contributed by atoms with Crippen LogP contribution in [0, 0.1) is 11.3 Å². The molecule has 0 atom stereocenters. The molecule has 5 heteroatoms. The van der Waals surface area contributed by atoms with Gasteiger partial charge >= 0.3 is 0 Å². The molecule has 84 valence electrons. The fourth-order valence-corrected chi connectivity index (χ4v) is 1.25. The van der Waals surface area contributed by atoms with Gasteiger partial charge in [-0.1, -0.05) is 11.6 Å². The highest BCUT2D eigenvalue weighted by Gasteiger charge is 2.05. The van der Waals surface area contributed by atoms with Crippen molar-refractivity contribution in [2.75, 3.05) is 13.7 Å². The second kappa shape index (κ2) is 5.99. The molecule has 0 aliphatic heterocycles. The van der Waals surface area contributed by atoms with Crippen molar-refractivity contribution in [3.63, 3.8) is 0 Å². The van der Waals surface area contributed by atoms with Gasteiger partial charge in [0.15, 0.2) is 0 Å². The first-order chi connectivity index (χ1) is 7.67. The van der Waals surface area contributed by atoms with E-state index in [4.69, 9.17) is 21.6 Å². The number of nitrogens with zero attached hydrogens (tertiary/aromatic N) is 1. The van der Waals surface area contributed by atoms with E-state index in [1.165, 1.54) is 0 Å². The van der Waals surface area contributed by atoms with Crippen LogP contribution < -0.4 is 10.1 Å². The summed E-state index contributed by atoms with van der Waals surface area (Å²) in [6.45, 7) is 0.217. The molecule has 0 aromatic heterocycles. The highest BCUT2D eigenvalue weighted by Crippen LogP contribution is 2.22. The summed E-state index contributed by atoms with van der Waals surface area (Å²) in [5, 5.41) is 11.8. The number of ether oxygens (including phenoxy) is 1. The average Bonchev–Trinajstić information content (AvgIpc) is 2.29. The van der Waals surface area contributed by atoms with E-state index in [1.807, 2.05) is 6.07 Å². The molecule has 0 fully saturated rings. The van der Waals surface area contributed by atoms with Crippen LogP contribution in [-0.2, 0) is 4.79 Å². The summed E-state index contributed by atoms with van der Waals surface area (Å²) in [5.74, 6) is 0.291. The van der Waals surface area contributed by atoms with Crippen molar-refractivity contribution in [2.45, 2.75) is 6.42 Å². The predicted molar refractivity (Wildman–Crippen MR) is 60.3 cm³/mol. The molecular formula is C11H11ClN2O2. The van der Waals surface area contributed by atoms with Gasteiger partial charge in [0, 0.05) is 18.1 Å². The van der Waals surface area contributed by atoms with E-state index in [0.29, 0.717) is 16.3 Å². The standard InChI is InChI=1S/C11H11ClN2O2/c1-14-11(15)4-5-16-10-6-9(12)3-2-8(10)7-13/h2-3,6H,4-5H2,1H3,(H,14,15). The van der Waals surface area contributed by atoms with Crippen molar-refractivity contribution >= 4 is 17.5 Å². The number of benzene rings is 1. The van der Waals surface area contributed by atoms with Gasteiger partial charge in [-0.2, -0.15) is 5.26 Å². The lowest BCUT2D eigenvalue weighted by molar-refractivity contribution is -0.121. The summed E-state index contributed by atoms with van der Waals surface area (Å²) < 4.78 is 5.31. The number of rotatable bonds is 4. The largest absolute Gasteiger partial charge is 0.492 e. The summed E-state index contributed by atoms with van der Waals surface area (Å²) in [7, 11) is 1.56. The Morgan fingerprint density at radius 3 is 3.00 bits per heavy atom. The number of nitrogens with one attached hydrogen (secondary N) is 1. The van der Waals surface area contributed by atoms with E-state index in [1.54, 1.807) is 25.2 Å². The summed E-state index contributed by atoms with van der Waals surface area (Å²) in [6.07, 6.45) is 0.244. The van der Waals surface area contributed by atoms with Crippen LogP contribution in [0.5, 0.6) is 5.75 Å². The number of halogens is 1. The Balaban J connectivity index is 2.63. The maximum absolute atomic E-state index is 10.9. The monoisotopic (exact) mass is 238 g/mol. The highest BCUT2D eigenvalue weighted by atomic mass is 35.5. The number of amides is 1. The minimum Gasteiger partial charge on any atom is -0.492 e. The third kappa shape index (κ3) is 3.44. The molecule has 4 nitrogen and oxygen atoms in total. The SMILES string of the molecule is CNC(=O)CCOc1cc(Cl)ccc1C#N. The summed E-state index contributed by atoms with van der Waals surface area (Å²) in [6, 6.07) is 6.75. The van der Waals surface area contributed by atoms with Crippen molar-refractivity contribution in [1.29, 1.82) is 5.26 Å². The first kappa shape index (κ1) is 12.3. The van der Waals surface area contributed by atoms with Crippen molar-refractivity contribution in [2.24, 2.45) is 0 Å². The number of carbonyl (C=O) groups is 1. The van der Waals surface area contributed by atoms with Gasteiger partial charge in [-0.25, -0.2) is 0 Å². The molecule has 16 heavy (non-hydrogen) atoms. The second-order valence-corrected chi connectivity index (χ2v) is 3.46. The quantitative estimate of drug-likeness (QED) is 0.869. The summed E-state index contributed by atoms with van der Waals surface area (Å²) in [5.41, 5.74) is 0.404. The van der Waals surface area contributed by atoms with Crippen LogP contribution in [0.15, 0.2) is 18.2 Å². The molecule has 1 rings (SSSR count). The Bertz CT molecular complexity index is 426. The van der Waals surface area contributed by atoms with Crippen LogP contribution in [0.3, 0.4) is 0 Å². The zero-order valence-corrected chi connectivity index (χ0v) is 9.54. The van der Waals surface area contributed by atoms with Gasteiger partial charge in [-0.15, -0.1) is 0 Å². The molecule has 0 aliphatic carbocycles. The number of hydrogen-bond acceptors (Lipinski definition) is 3. The minimum absolute atomic E-state index is 0.111. The topological polar surface area (TPSA) is 62.1 Å². The van der Waals surface area contributed by atoms with E-state index < -0.39 is 0 Å². The van der Waals surface area contributed by atoms with Crippen molar-refractivity contribution in [1.82, 2.24) is 5.32 Å². The average molecular weight is 239 g/mol. The fraction of sp³-hybridized carbons (Fsp3) is 0.273. The van der Waals surface area contributed by atoms with Crippen LogP contribution in [0.25, 0.3) is 0 Å². The molecule has 0 unspecified atom stereocenters.